The minimum atomic E-state index is -4.11. The molecule has 1 saturated heterocycles. The first-order valence-electron chi connectivity index (χ1n) is 8.90. The van der Waals surface area contributed by atoms with Gasteiger partial charge in [0.2, 0.25) is 0 Å². The summed E-state index contributed by atoms with van der Waals surface area (Å²) in [6.45, 7) is 4.01. The van der Waals surface area contributed by atoms with Crippen molar-refractivity contribution in [1.82, 2.24) is 0 Å². The van der Waals surface area contributed by atoms with Crippen molar-refractivity contribution in [2.75, 3.05) is 21.5 Å². The molecule has 0 radical (unpaired) electrons. The lowest BCUT2D eigenvalue weighted by atomic mass is 10.0. The summed E-state index contributed by atoms with van der Waals surface area (Å²) in [6, 6.07) is 11.5. The predicted octanol–water partition coefficient (Wildman–Crippen LogP) is 1.75. The number of anilines is 2. The summed E-state index contributed by atoms with van der Waals surface area (Å²) in [6.07, 6.45) is -1.31. The van der Waals surface area contributed by atoms with Gasteiger partial charge in [0, 0.05) is 5.69 Å². The van der Waals surface area contributed by atoms with Crippen LogP contribution in [-0.2, 0) is 19.9 Å². The van der Waals surface area contributed by atoms with E-state index in [1.54, 1.807) is 12.1 Å². The summed E-state index contributed by atoms with van der Waals surface area (Å²) in [7, 11) is -7.65. The lowest BCUT2D eigenvalue weighted by molar-refractivity contribution is 0.184. The Labute approximate surface area is 165 Å². The molecule has 0 unspecified atom stereocenters. The largest absolute Gasteiger partial charge is 0.399 e. The number of sulfone groups is 1. The van der Waals surface area contributed by atoms with Crippen LogP contribution in [-0.4, -0.2) is 45.6 Å². The van der Waals surface area contributed by atoms with Crippen molar-refractivity contribution in [2.24, 2.45) is 0 Å². The first-order valence-corrected chi connectivity index (χ1v) is 12.2. The molecule has 28 heavy (non-hydrogen) atoms. The van der Waals surface area contributed by atoms with Crippen LogP contribution >= 0.6 is 0 Å². The summed E-state index contributed by atoms with van der Waals surface area (Å²) in [4.78, 5) is 0.0326. The van der Waals surface area contributed by atoms with Crippen LogP contribution < -0.4 is 10.0 Å². The SMILES string of the molecule is CC(C)c1ccc(S(=O)(=O)N(c2ccc(N)cc2)[C@@H]2CS(=O)(=O)C[C@H]2O)cc1. The Morgan fingerprint density at radius 3 is 2.07 bits per heavy atom. The Morgan fingerprint density at radius 1 is 1.04 bits per heavy atom. The minimum absolute atomic E-state index is 0.0326. The molecule has 2 aromatic rings. The topological polar surface area (TPSA) is 118 Å². The average Bonchev–Trinajstić information content (AvgIpc) is 2.89. The van der Waals surface area contributed by atoms with Crippen molar-refractivity contribution in [2.45, 2.75) is 36.8 Å². The molecule has 1 heterocycles. The zero-order chi connectivity index (χ0) is 20.7. The zero-order valence-electron chi connectivity index (χ0n) is 15.7. The molecule has 3 N–H and O–H groups in total. The van der Waals surface area contributed by atoms with Crippen LogP contribution in [0.3, 0.4) is 0 Å². The maximum atomic E-state index is 13.4. The molecule has 0 amide bonds. The summed E-state index contributed by atoms with van der Waals surface area (Å²) < 4.78 is 51.9. The van der Waals surface area contributed by atoms with E-state index in [1.807, 2.05) is 13.8 Å². The van der Waals surface area contributed by atoms with E-state index in [0.717, 1.165) is 9.87 Å². The lowest BCUT2D eigenvalue weighted by Crippen LogP contribution is -2.47. The van der Waals surface area contributed by atoms with Crippen molar-refractivity contribution < 1.29 is 21.9 Å². The number of benzene rings is 2. The first kappa shape index (κ1) is 20.6. The number of aliphatic hydroxyl groups excluding tert-OH is 1. The van der Waals surface area contributed by atoms with Gasteiger partial charge in [0.25, 0.3) is 10.0 Å². The second-order valence-electron chi connectivity index (χ2n) is 7.33. The molecule has 9 heteroatoms. The second-order valence-corrected chi connectivity index (χ2v) is 11.3. The highest BCUT2D eigenvalue weighted by Gasteiger charge is 2.45. The predicted molar refractivity (Wildman–Crippen MR) is 109 cm³/mol. The van der Waals surface area contributed by atoms with Gasteiger partial charge in [-0.05, 0) is 47.9 Å². The van der Waals surface area contributed by atoms with E-state index in [4.69, 9.17) is 5.73 Å². The van der Waals surface area contributed by atoms with Crippen molar-refractivity contribution in [3.8, 4) is 0 Å². The summed E-state index contributed by atoms with van der Waals surface area (Å²) in [5, 5.41) is 10.3. The highest BCUT2D eigenvalue weighted by atomic mass is 32.2. The fourth-order valence-corrected chi connectivity index (χ4v) is 6.84. The molecule has 1 aliphatic rings. The molecule has 2 atom stereocenters. The van der Waals surface area contributed by atoms with Gasteiger partial charge in [0.05, 0.1) is 34.2 Å². The summed E-state index contributed by atoms with van der Waals surface area (Å²) in [5.74, 6) is -0.668. The molecule has 0 bridgehead atoms. The van der Waals surface area contributed by atoms with E-state index < -0.39 is 43.5 Å². The van der Waals surface area contributed by atoms with Crippen molar-refractivity contribution >= 4 is 31.2 Å². The highest BCUT2D eigenvalue weighted by molar-refractivity contribution is 7.93. The van der Waals surface area contributed by atoms with E-state index in [-0.39, 0.29) is 16.5 Å². The second kappa shape index (κ2) is 7.38. The van der Waals surface area contributed by atoms with Gasteiger partial charge in [-0.1, -0.05) is 26.0 Å². The van der Waals surface area contributed by atoms with Crippen LogP contribution in [0.2, 0.25) is 0 Å². The number of aliphatic hydroxyl groups is 1. The maximum Gasteiger partial charge on any atom is 0.264 e. The Kier molecular flexibility index (Phi) is 5.44. The molecule has 1 aliphatic heterocycles. The van der Waals surface area contributed by atoms with Crippen molar-refractivity contribution in [3.63, 3.8) is 0 Å². The Bertz CT molecular complexity index is 1050. The van der Waals surface area contributed by atoms with Gasteiger partial charge in [-0.15, -0.1) is 0 Å². The van der Waals surface area contributed by atoms with Gasteiger partial charge in [0.15, 0.2) is 9.84 Å². The third-order valence-corrected chi connectivity index (χ3v) is 8.41. The molecule has 7 nitrogen and oxygen atoms in total. The molecular formula is C19H24N2O5S2. The fourth-order valence-electron chi connectivity index (χ4n) is 3.30. The molecule has 0 saturated carbocycles. The van der Waals surface area contributed by atoms with Crippen molar-refractivity contribution in [3.05, 3.63) is 54.1 Å². The smallest absolute Gasteiger partial charge is 0.264 e. The van der Waals surface area contributed by atoms with Crippen LogP contribution in [0.1, 0.15) is 25.3 Å². The number of nitrogens with zero attached hydrogens (tertiary/aromatic N) is 1. The molecule has 3 rings (SSSR count). The number of hydrogen-bond acceptors (Lipinski definition) is 6. The third kappa shape index (κ3) is 4.01. The monoisotopic (exact) mass is 424 g/mol. The number of hydrogen-bond donors (Lipinski definition) is 2. The fraction of sp³-hybridized carbons (Fsp3) is 0.368. The Hall–Kier alpha value is -2.10. The van der Waals surface area contributed by atoms with Gasteiger partial charge in [-0.3, -0.25) is 4.31 Å². The lowest BCUT2D eigenvalue weighted by Gasteiger charge is -2.31. The normalized spacial score (nSPS) is 21.7. The van der Waals surface area contributed by atoms with E-state index >= 15 is 0 Å². The van der Waals surface area contributed by atoms with E-state index in [0.29, 0.717) is 5.69 Å². The standard InChI is InChI=1S/C19H24N2O5S2/c1-13(2)14-3-9-17(10-4-14)28(25,26)21(16-7-5-15(20)6-8-16)18-11-27(23,24)12-19(18)22/h3-10,13,18-19,22H,11-12,20H2,1-2H3/t18-,19-/m1/s1. The molecule has 0 aromatic heterocycles. The van der Waals surface area contributed by atoms with Gasteiger partial charge >= 0.3 is 0 Å². The number of sulfonamides is 1. The molecule has 152 valence electrons. The number of rotatable bonds is 5. The van der Waals surface area contributed by atoms with E-state index in [2.05, 4.69) is 0 Å². The van der Waals surface area contributed by atoms with Crippen LogP contribution in [0.5, 0.6) is 0 Å². The van der Waals surface area contributed by atoms with E-state index in [1.165, 1.54) is 36.4 Å². The van der Waals surface area contributed by atoms with Crippen LogP contribution in [0.4, 0.5) is 11.4 Å². The van der Waals surface area contributed by atoms with E-state index in [9.17, 15) is 21.9 Å². The zero-order valence-corrected chi connectivity index (χ0v) is 17.3. The number of nitrogen functional groups attached to an aromatic ring is 1. The Balaban J connectivity index is 2.11. The molecule has 1 fully saturated rings. The van der Waals surface area contributed by atoms with Crippen LogP contribution in [0, 0.1) is 0 Å². The summed E-state index contributed by atoms with van der Waals surface area (Å²) in [5.41, 5.74) is 7.39. The van der Waals surface area contributed by atoms with Crippen LogP contribution in [0.15, 0.2) is 53.4 Å². The average molecular weight is 425 g/mol. The van der Waals surface area contributed by atoms with Gasteiger partial charge < -0.3 is 10.8 Å². The molecule has 2 aromatic carbocycles. The molecule has 0 spiro atoms. The first-order chi connectivity index (χ1) is 13.0. The Morgan fingerprint density at radius 2 is 1.61 bits per heavy atom. The highest BCUT2D eigenvalue weighted by Crippen LogP contribution is 2.32. The molecular weight excluding hydrogens is 400 g/mol. The van der Waals surface area contributed by atoms with Gasteiger partial charge in [-0.2, -0.15) is 0 Å². The summed E-state index contributed by atoms with van der Waals surface area (Å²) >= 11 is 0. The minimum Gasteiger partial charge on any atom is -0.399 e. The number of nitrogens with two attached hydrogens (primary N) is 1. The van der Waals surface area contributed by atoms with Crippen molar-refractivity contribution in [1.29, 1.82) is 0 Å². The van der Waals surface area contributed by atoms with Crippen LogP contribution in [0.25, 0.3) is 0 Å². The maximum absolute atomic E-state index is 13.4. The van der Waals surface area contributed by atoms with Gasteiger partial charge in [-0.25, -0.2) is 16.8 Å². The quantitative estimate of drug-likeness (QED) is 0.706. The third-order valence-electron chi connectivity index (χ3n) is 4.85. The molecule has 0 aliphatic carbocycles. The van der Waals surface area contributed by atoms with Gasteiger partial charge in [0.1, 0.15) is 0 Å².